The fourth-order valence-corrected chi connectivity index (χ4v) is 4.03. The minimum Gasteiger partial charge on any atom is -0.497 e. The Labute approximate surface area is 195 Å². The van der Waals surface area contributed by atoms with Crippen molar-refractivity contribution in [3.8, 4) is 11.5 Å². The van der Waals surface area contributed by atoms with Crippen molar-refractivity contribution < 1.29 is 14.3 Å². The molecule has 0 saturated heterocycles. The molecule has 0 spiro atoms. The first-order chi connectivity index (χ1) is 16.0. The monoisotopic (exact) mass is 445 g/mol. The summed E-state index contributed by atoms with van der Waals surface area (Å²) in [5.41, 5.74) is 3.91. The van der Waals surface area contributed by atoms with Crippen LogP contribution in [0, 0.1) is 0 Å². The summed E-state index contributed by atoms with van der Waals surface area (Å²) in [6.07, 6.45) is -0.0314. The zero-order valence-electron chi connectivity index (χ0n) is 19.6. The number of methoxy groups -OCH3 is 1. The highest BCUT2D eigenvalue weighted by Crippen LogP contribution is 2.38. The molecule has 6 heteroatoms. The van der Waals surface area contributed by atoms with Gasteiger partial charge in [0.25, 0.3) is 5.91 Å². The fraction of sp³-hybridized carbons (Fsp3) is 0.296. The van der Waals surface area contributed by atoms with Crippen LogP contribution in [0.1, 0.15) is 28.9 Å². The lowest BCUT2D eigenvalue weighted by Crippen LogP contribution is -2.44. The Morgan fingerprint density at radius 3 is 2.61 bits per heavy atom. The van der Waals surface area contributed by atoms with Gasteiger partial charge in [0.15, 0.2) is 0 Å². The molecule has 172 valence electrons. The first-order valence-corrected chi connectivity index (χ1v) is 11.2. The van der Waals surface area contributed by atoms with E-state index in [1.807, 2.05) is 54.6 Å². The first kappa shape index (κ1) is 22.7. The van der Waals surface area contributed by atoms with Crippen LogP contribution in [0.2, 0.25) is 0 Å². The zero-order chi connectivity index (χ0) is 23.4. The molecule has 0 aromatic heterocycles. The quantitative estimate of drug-likeness (QED) is 0.574. The molecule has 1 aliphatic rings. The number of fused-ring (bicyclic) bond motifs is 1. The Balaban J connectivity index is 1.50. The molecule has 33 heavy (non-hydrogen) atoms. The summed E-state index contributed by atoms with van der Waals surface area (Å²) in [5, 5.41) is 3.60. The molecular weight excluding hydrogens is 414 g/mol. The molecule has 1 N–H and O–H groups in total. The molecule has 1 heterocycles. The van der Waals surface area contributed by atoms with E-state index in [1.54, 1.807) is 26.1 Å². The van der Waals surface area contributed by atoms with Gasteiger partial charge in [0.1, 0.15) is 17.6 Å². The number of nitrogens with zero attached hydrogens (tertiary/aromatic N) is 2. The van der Waals surface area contributed by atoms with Gasteiger partial charge in [-0.05, 0) is 61.0 Å². The SMILES string of the molecule is COc1cccc([C@@H](C)NCC2CN(c3ccc(C(=O)N(C)C)cc3)c3ccccc3O2)c1. The molecule has 4 rings (SSSR count). The van der Waals surface area contributed by atoms with Crippen LogP contribution in [-0.4, -0.2) is 51.2 Å². The predicted molar refractivity (Wildman–Crippen MR) is 132 cm³/mol. The van der Waals surface area contributed by atoms with Crippen LogP contribution in [0.15, 0.2) is 72.8 Å². The van der Waals surface area contributed by atoms with E-state index >= 15 is 0 Å². The fourth-order valence-electron chi connectivity index (χ4n) is 4.03. The van der Waals surface area contributed by atoms with Crippen LogP contribution in [0.25, 0.3) is 0 Å². The molecule has 0 bridgehead atoms. The third-order valence-electron chi connectivity index (χ3n) is 5.91. The summed E-state index contributed by atoms with van der Waals surface area (Å²) < 4.78 is 11.7. The van der Waals surface area contributed by atoms with Crippen LogP contribution in [-0.2, 0) is 0 Å². The molecule has 0 radical (unpaired) electrons. The number of carbonyl (C=O) groups excluding carboxylic acids is 1. The second-order valence-electron chi connectivity index (χ2n) is 8.47. The van der Waals surface area contributed by atoms with E-state index in [9.17, 15) is 4.79 Å². The van der Waals surface area contributed by atoms with Crippen LogP contribution < -0.4 is 19.7 Å². The second-order valence-corrected chi connectivity index (χ2v) is 8.47. The van der Waals surface area contributed by atoms with Gasteiger partial charge >= 0.3 is 0 Å². The molecule has 2 atom stereocenters. The van der Waals surface area contributed by atoms with Gasteiger partial charge in [0.2, 0.25) is 0 Å². The highest BCUT2D eigenvalue weighted by atomic mass is 16.5. The number of rotatable bonds is 7. The van der Waals surface area contributed by atoms with E-state index in [-0.39, 0.29) is 18.1 Å². The van der Waals surface area contributed by atoms with Gasteiger partial charge in [-0.15, -0.1) is 0 Å². The minimum atomic E-state index is -0.0314. The Morgan fingerprint density at radius 1 is 1.12 bits per heavy atom. The summed E-state index contributed by atoms with van der Waals surface area (Å²) in [6, 6.07) is 24.1. The lowest BCUT2D eigenvalue weighted by Gasteiger charge is -2.37. The normalized spacial score (nSPS) is 15.9. The zero-order valence-corrected chi connectivity index (χ0v) is 19.6. The van der Waals surface area contributed by atoms with E-state index < -0.39 is 0 Å². The third kappa shape index (κ3) is 5.12. The number of ether oxygens (including phenoxy) is 2. The van der Waals surface area contributed by atoms with Crippen molar-refractivity contribution >= 4 is 17.3 Å². The van der Waals surface area contributed by atoms with Crippen molar-refractivity contribution in [2.75, 3.05) is 39.2 Å². The standard InChI is InChI=1S/C27H31N3O3/c1-19(21-8-7-9-23(16-21)32-4)28-17-24-18-30(25-10-5-6-11-26(25)33-24)22-14-12-20(13-15-22)27(31)29(2)3/h5-16,19,24,28H,17-18H2,1-4H3/t19-,24?/m1/s1. The van der Waals surface area contributed by atoms with Crippen molar-refractivity contribution in [3.05, 3.63) is 83.9 Å². The van der Waals surface area contributed by atoms with Crippen molar-refractivity contribution in [3.63, 3.8) is 0 Å². The molecule has 6 nitrogen and oxygen atoms in total. The molecule has 0 fully saturated rings. The summed E-state index contributed by atoms with van der Waals surface area (Å²) in [7, 11) is 5.21. The summed E-state index contributed by atoms with van der Waals surface area (Å²) in [5.74, 6) is 1.71. The van der Waals surface area contributed by atoms with Gasteiger partial charge in [0.05, 0.1) is 19.3 Å². The van der Waals surface area contributed by atoms with Crippen molar-refractivity contribution in [2.24, 2.45) is 0 Å². The van der Waals surface area contributed by atoms with E-state index in [4.69, 9.17) is 9.47 Å². The van der Waals surface area contributed by atoms with E-state index in [1.165, 1.54) is 5.56 Å². The highest BCUT2D eigenvalue weighted by molar-refractivity contribution is 5.94. The average Bonchev–Trinajstić information content (AvgIpc) is 2.86. The largest absolute Gasteiger partial charge is 0.497 e. The minimum absolute atomic E-state index is 0.00228. The van der Waals surface area contributed by atoms with Crippen LogP contribution in [0.5, 0.6) is 11.5 Å². The molecule has 1 aliphatic heterocycles. The Kier molecular flexibility index (Phi) is 6.84. The molecule has 3 aromatic carbocycles. The van der Waals surface area contributed by atoms with Gasteiger partial charge in [0, 0.05) is 37.9 Å². The Morgan fingerprint density at radius 2 is 1.88 bits per heavy atom. The van der Waals surface area contributed by atoms with Crippen molar-refractivity contribution in [2.45, 2.75) is 19.1 Å². The van der Waals surface area contributed by atoms with Crippen LogP contribution >= 0.6 is 0 Å². The predicted octanol–water partition coefficient (Wildman–Crippen LogP) is 4.65. The van der Waals surface area contributed by atoms with Crippen molar-refractivity contribution in [1.29, 1.82) is 0 Å². The Bertz CT molecular complexity index is 1100. The molecule has 3 aromatic rings. The molecule has 0 saturated carbocycles. The smallest absolute Gasteiger partial charge is 0.253 e. The number of hydrogen-bond donors (Lipinski definition) is 1. The molecule has 0 aliphatic carbocycles. The number of nitrogens with one attached hydrogen (secondary N) is 1. The van der Waals surface area contributed by atoms with E-state index in [0.717, 1.165) is 22.9 Å². The Hall–Kier alpha value is -3.51. The van der Waals surface area contributed by atoms with Gasteiger partial charge in [-0.25, -0.2) is 0 Å². The lowest BCUT2D eigenvalue weighted by molar-refractivity contribution is 0.0827. The maximum atomic E-state index is 12.3. The third-order valence-corrected chi connectivity index (χ3v) is 5.91. The maximum absolute atomic E-state index is 12.3. The van der Waals surface area contributed by atoms with Crippen LogP contribution in [0.4, 0.5) is 11.4 Å². The van der Waals surface area contributed by atoms with Gasteiger partial charge in [-0.1, -0.05) is 24.3 Å². The topological polar surface area (TPSA) is 54.0 Å². The maximum Gasteiger partial charge on any atom is 0.253 e. The number of para-hydroxylation sites is 2. The van der Waals surface area contributed by atoms with Gasteiger partial charge in [-0.3, -0.25) is 4.79 Å². The molecule has 1 amide bonds. The molecular formula is C27H31N3O3. The number of amides is 1. The average molecular weight is 446 g/mol. The van der Waals surface area contributed by atoms with Crippen LogP contribution in [0.3, 0.4) is 0 Å². The highest BCUT2D eigenvalue weighted by Gasteiger charge is 2.27. The number of carbonyl (C=O) groups is 1. The van der Waals surface area contributed by atoms with Gasteiger partial charge < -0.3 is 24.6 Å². The van der Waals surface area contributed by atoms with Gasteiger partial charge in [-0.2, -0.15) is 0 Å². The summed E-state index contributed by atoms with van der Waals surface area (Å²) >= 11 is 0. The molecule has 1 unspecified atom stereocenters. The van der Waals surface area contributed by atoms with E-state index in [2.05, 4.69) is 35.3 Å². The second kappa shape index (κ2) is 9.96. The lowest BCUT2D eigenvalue weighted by atomic mass is 10.1. The van der Waals surface area contributed by atoms with Crippen molar-refractivity contribution in [1.82, 2.24) is 10.2 Å². The number of benzene rings is 3. The summed E-state index contributed by atoms with van der Waals surface area (Å²) in [4.78, 5) is 16.1. The number of hydrogen-bond acceptors (Lipinski definition) is 5. The summed E-state index contributed by atoms with van der Waals surface area (Å²) in [6.45, 7) is 3.54. The van der Waals surface area contributed by atoms with E-state index in [0.29, 0.717) is 18.7 Å². The first-order valence-electron chi connectivity index (χ1n) is 11.2. The number of anilines is 2.